The molecular formula is C26H27F3N6. The van der Waals surface area contributed by atoms with Crippen LogP contribution in [0.1, 0.15) is 55.0 Å². The SMILES string of the molecule is C[C@@H](Nc1ccnc2cnc(C3CCN(c4cnn(C)c4)CC3)cc12)c1cccc(C(F)F)c1F. The minimum absolute atomic E-state index is 0.199. The normalized spacial score (nSPS) is 15.7. The second-order valence-electron chi connectivity index (χ2n) is 9.04. The maximum atomic E-state index is 14.7. The Balaban J connectivity index is 1.37. The third-order valence-electron chi connectivity index (χ3n) is 6.75. The molecule has 9 heteroatoms. The van der Waals surface area contributed by atoms with Crippen LogP contribution in [-0.4, -0.2) is 32.8 Å². The van der Waals surface area contributed by atoms with E-state index in [2.05, 4.69) is 25.3 Å². The zero-order valence-electron chi connectivity index (χ0n) is 19.6. The summed E-state index contributed by atoms with van der Waals surface area (Å²) in [5.41, 5.74) is 3.23. The number of pyridine rings is 2. The molecule has 0 radical (unpaired) electrons. The first-order valence-corrected chi connectivity index (χ1v) is 11.7. The van der Waals surface area contributed by atoms with Gasteiger partial charge >= 0.3 is 0 Å². The molecule has 0 unspecified atom stereocenters. The van der Waals surface area contributed by atoms with E-state index in [1.54, 1.807) is 19.3 Å². The quantitative estimate of drug-likeness (QED) is 0.367. The maximum absolute atomic E-state index is 14.7. The van der Waals surface area contributed by atoms with Crippen molar-refractivity contribution in [3.8, 4) is 0 Å². The number of alkyl halides is 2. The van der Waals surface area contributed by atoms with E-state index in [4.69, 9.17) is 0 Å². The number of hydrogen-bond donors (Lipinski definition) is 1. The first-order valence-electron chi connectivity index (χ1n) is 11.7. The number of hydrogen-bond acceptors (Lipinski definition) is 5. The molecule has 5 rings (SSSR count). The first-order chi connectivity index (χ1) is 16.9. The summed E-state index contributed by atoms with van der Waals surface area (Å²) < 4.78 is 42.8. The van der Waals surface area contributed by atoms with E-state index < -0.39 is 23.8 Å². The number of aryl methyl sites for hydroxylation is 1. The number of fused-ring (bicyclic) bond motifs is 1. The molecule has 182 valence electrons. The largest absolute Gasteiger partial charge is 0.378 e. The zero-order chi connectivity index (χ0) is 24.5. The minimum Gasteiger partial charge on any atom is -0.378 e. The highest BCUT2D eigenvalue weighted by molar-refractivity contribution is 5.91. The predicted octanol–water partition coefficient (Wildman–Crippen LogP) is 6.00. The molecule has 1 fully saturated rings. The van der Waals surface area contributed by atoms with Crippen LogP contribution < -0.4 is 10.2 Å². The topological polar surface area (TPSA) is 58.9 Å². The average molecular weight is 481 g/mol. The molecule has 0 amide bonds. The lowest BCUT2D eigenvalue weighted by atomic mass is 9.92. The van der Waals surface area contributed by atoms with E-state index in [0.717, 1.165) is 60.0 Å². The number of benzene rings is 1. The standard InChI is InChI=1S/C26H27F3N6/c1-16(19-4-3-5-20(25(19)27)26(28)29)33-22-6-9-30-24-14-31-23(12-21(22)24)17-7-10-35(11-8-17)18-13-32-34(2)15-18/h3-6,9,12-17,26H,7-8,10-11H2,1-2H3,(H,30,33)/t16-/m1/s1. The van der Waals surface area contributed by atoms with Crippen LogP contribution in [-0.2, 0) is 7.05 Å². The van der Waals surface area contributed by atoms with E-state index in [0.29, 0.717) is 5.92 Å². The Bertz CT molecular complexity index is 1330. The number of piperidine rings is 1. The molecule has 0 spiro atoms. The highest BCUT2D eigenvalue weighted by atomic mass is 19.3. The van der Waals surface area contributed by atoms with Crippen molar-refractivity contribution in [1.82, 2.24) is 19.7 Å². The van der Waals surface area contributed by atoms with Crippen LogP contribution in [0, 0.1) is 5.82 Å². The lowest BCUT2D eigenvalue weighted by molar-refractivity contribution is 0.146. The smallest absolute Gasteiger partial charge is 0.266 e. The van der Waals surface area contributed by atoms with Crippen molar-refractivity contribution in [2.45, 2.75) is 38.2 Å². The lowest BCUT2D eigenvalue weighted by Crippen LogP contribution is -2.32. The van der Waals surface area contributed by atoms with Crippen LogP contribution >= 0.6 is 0 Å². The zero-order valence-corrected chi connectivity index (χ0v) is 19.6. The van der Waals surface area contributed by atoms with Crippen molar-refractivity contribution in [3.63, 3.8) is 0 Å². The highest BCUT2D eigenvalue weighted by Gasteiger charge is 2.24. The van der Waals surface area contributed by atoms with Gasteiger partial charge in [0.25, 0.3) is 6.43 Å². The summed E-state index contributed by atoms with van der Waals surface area (Å²) in [5.74, 6) is -0.554. The molecule has 1 saturated heterocycles. The van der Waals surface area contributed by atoms with Gasteiger partial charge in [0.15, 0.2) is 0 Å². The highest BCUT2D eigenvalue weighted by Crippen LogP contribution is 2.34. The minimum atomic E-state index is -2.86. The monoisotopic (exact) mass is 480 g/mol. The van der Waals surface area contributed by atoms with Gasteiger partial charge in [-0.15, -0.1) is 0 Å². The lowest BCUT2D eigenvalue weighted by Gasteiger charge is -2.32. The van der Waals surface area contributed by atoms with Gasteiger partial charge in [-0.25, -0.2) is 13.2 Å². The van der Waals surface area contributed by atoms with Crippen LogP contribution in [0.15, 0.2) is 55.1 Å². The predicted molar refractivity (Wildman–Crippen MR) is 130 cm³/mol. The van der Waals surface area contributed by atoms with Crippen LogP contribution in [0.5, 0.6) is 0 Å². The second kappa shape index (κ2) is 9.56. The average Bonchev–Trinajstić information content (AvgIpc) is 3.30. The summed E-state index contributed by atoms with van der Waals surface area (Å²) in [5, 5.41) is 8.44. The molecule has 4 heterocycles. The van der Waals surface area contributed by atoms with Crippen LogP contribution in [0.25, 0.3) is 10.9 Å². The Morgan fingerprint density at radius 1 is 1.06 bits per heavy atom. The van der Waals surface area contributed by atoms with Gasteiger partial charge in [-0.3, -0.25) is 14.6 Å². The van der Waals surface area contributed by atoms with Crippen molar-refractivity contribution < 1.29 is 13.2 Å². The van der Waals surface area contributed by atoms with Crippen LogP contribution in [0.2, 0.25) is 0 Å². The summed E-state index contributed by atoms with van der Waals surface area (Å²) in [4.78, 5) is 11.4. The van der Waals surface area contributed by atoms with Crippen molar-refractivity contribution >= 4 is 22.3 Å². The van der Waals surface area contributed by atoms with E-state index in [1.165, 1.54) is 12.1 Å². The molecule has 1 aliphatic rings. The Kier molecular flexibility index (Phi) is 6.32. The number of aromatic nitrogens is 4. The van der Waals surface area contributed by atoms with Gasteiger partial charge in [0.2, 0.25) is 0 Å². The Morgan fingerprint density at radius 2 is 1.83 bits per heavy atom. The molecule has 0 aliphatic carbocycles. The summed E-state index contributed by atoms with van der Waals surface area (Å²) in [6, 6.07) is 7.47. The second-order valence-corrected chi connectivity index (χ2v) is 9.04. The molecule has 0 bridgehead atoms. The molecule has 4 aromatic rings. The van der Waals surface area contributed by atoms with Crippen molar-refractivity contribution in [2.24, 2.45) is 7.05 Å². The van der Waals surface area contributed by atoms with Gasteiger partial charge in [-0.05, 0) is 31.9 Å². The van der Waals surface area contributed by atoms with E-state index >= 15 is 0 Å². The summed E-state index contributed by atoms with van der Waals surface area (Å²) in [7, 11) is 1.92. The number of rotatable bonds is 6. The summed E-state index contributed by atoms with van der Waals surface area (Å²) in [6.45, 7) is 3.60. The summed E-state index contributed by atoms with van der Waals surface area (Å²) >= 11 is 0. The van der Waals surface area contributed by atoms with Crippen LogP contribution in [0.4, 0.5) is 24.5 Å². The number of nitrogens with zero attached hydrogens (tertiary/aromatic N) is 5. The molecular weight excluding hydrogens is 453 g/mol. The van der Waals surface area contributed by atoms with E-state index in [1.807, 2.05) is 36.3 Å². The fourth-order valence-electron chi connectivity index (χ4n) is 4.80. The van der Waals surface area contributed by atoms with Gasteiger partial charge in [0, 0.05) is 60.8 Å². The summed E-state index contributed by atoms with van der Waals surface area (Å²) in [6.07, 6.45) is 6.43. The van der Waals surface area contributed by atoms with Gasteiger partial charge in [0.05, 0.1) is 35.2 Å². The van der Waals surface area contributed by atoms with Gasteiger partial charge < -0.3 is 10.2 Å². The molecule has 35 heavy (non-hydrogen) atoms. The fraction of sp³-hybridized carbons (Fsp3) is 0.346. The van der Waals surface area contributed by atoms with Crippen molar-refractivity contribution in [1.29, 1.82) is 0 Å². The van der Waals surface area contributed by atoms with Gasteiger partial charge in [-0.2, -0.15) is 5.10 Å². The molecule has 3 aromatic heterocycles. The third-order valence-corrected chi connectivity index (χ3v) is 6.75. The molecule has 0 saturated carbocycles. The van der Waals surface area contributed by atoms with Gasteiger partial charge in [0.1, 0.15) is 5.82 Å². The molecule has 6 nitrogen and oxygen atoms in total. The number of halogens is 3. The van der Waals surface area contributed by atoms with E-state index in [-0.39, 0.29) is 5.56 Å². The molecule has 1 aliphatic heterocycles. The molecule has 1 atom stereocenters. The fourth-order valence-corrected chi connectivity index (χ4v) is 4.80. The van der Waals surface area contributed by atoms with Gasteiger partial charge in [-0.1, -0.05) is 18.2 Å². The number of nitrogens with one attached hydrogen (secondary N) is 1. The van der Waals surface area contributed by atoms with Crippen LogP contribution in [0.3, 0.4) is 0 Å². The molecule has 1 aromatic carbocycles. The van der Waals surface area contributed by atoms with E-state index in [9.17, 15) is 13.2 Å². The Labute approximate surface area is 201 Å². The molecule has 1 N–H and O–H groups in total. The third kappa shape index (κ3) is 4.67. The Hall–Kier alpha value is -3.62. The van der Waals surface area contributed by atoms with Crippen molar-refractivity contribution in [2.75, 3.05) is 23.3 Å². The van der Waals surface area contributed by atoms with Crippen molar-refractivity contribution in [3.05, 3.63) is 77.8 Å². The number of anilines is 2. The Morgan fingerprint density at radius 3 is 2.54 bits per heavy atom. The maximum Gasteiger partial charge on any atom is 0.266 e. The first kappa shape index (κ1) is 23.1.